The summed E-state index contributed by atoms with van der Waals surface area (Å²) in [5.74, 6) is 0. The van der Waals surface area contributed by atoms with Crippen molar-refractivity contribution in [3.05, 3.63) is 107 Å². The Hall–Kier alpha value is -2.38. The Labute approximate surface area is 152 Å². The molecule has 3 aromatic rings. The highest BCUT2D eigenvalue weighted by Gasteiger charge is 2.07. The van der Waals surface area contributed by atoms with Gasteiger partial charge in [0.05, 0.1) is 0 Å². The van der Waals surface area contributed by atoms with Crippen LogP contribution in [0.1, 0.15) is 18.1 Å². The van der Waals surface area contributed by atoms with E-state index in [1.54, 1.807) is 0 Å². The lowest BCUT2D eigenvalue weighted by Gasteiger charge is -2.11. The summed E-state index contributed by atoms with van der Waals surface area (Å²) in [5, 5.41) is 2.45. The quantitative estimate of drug-likeness (QED) is 0.421. The number of hydrogen-bond acceptors (Lipinski definition) is 0. The first kappa shape index (κ1) is 16.5. The molecule has 3 aromatic carbocycles. The number of hydrogen-bond donors (Lipinski definition) is 0. The van der Waals surface area contributed by atoms with Crippen molar-refractivity contribution < 1.29 is 0 Å². The first-order chi connectivity index (χ1) is 11.6. The predicted octanol–water partition coefficient (Wildman–Crippen LogP) is 7.28. The normalized spacial score (nSPS) is 11.5. The Morgan fingerprint density at radius 2 is 1.46 bits per heavy atom. The topological polar surface area (TPSA) is 0 Å². The number of allylic oxidation sites excluding steroid dienone is 4. The van der Waals surface area contributed by atoms with E-state index < -0.39 is 0 Å². The van der Waals surface area contributed by atoms with Crippen LogP contribution in [0.25, 0.3) is 21.9 Å². The van der Waals surface area contributed by atoms with Crippen molar-refractivity contribution in [2.24, 2.45) is 0 Å². The van der Waals surface area contributed by atoms with Crippen LogP contribution in [-0.4, -0.2) is 0 Å². The molecule has 0 atom stereocenters. The molecule has 1 heteroatoms. The Kier molecular flexibility index (Phi) is 4.82. The van der Waals surface area contributed by atoms with E-state index in [-0.39, 0.29) is 0 Å². The van der Waals surface area contributed by atoms with E-state index in [0.29, 0.717) is 0 Å². The van der Waals surface area contributed by atoms with Crippen molar-refractivity contribution in [3.8, 4) is 0 Å². The van der Waals surface area contributed by atoms with Crippen LogP contribution in [0.2, 0.25) is 0 Å². The minimum Gasteiger partial charge on any atom is -0.0911 e. The van der Waals surface area contributed by atoms with Crippen LogP contribution in [0.15, 0.2) is 96.0 Å². The monoisotopic (exact) mass is 374 g/mol. The zero-order chi connectivity index (χ0) is 17.1. The van der Waals surface area contributed by atoms with Gasteiger partial charge in [-0.05, 0) is 51.6 Å². The fraction of sp³-hybridized carbons (Fsp3) is 0.0435. The van der Waals surface area contributed by atoms with Crippen LogP contribution in [0.4, 0.5) is 0 Å². The van der Waals surface area contributed by atoms with Crippen LogP contribution in [-0.2, 0) is 0 Å². The first-order valence-corrected chi connectivity index (χ1v) is 8.67. The second-order valence-electron chi connectivity index (χ2n) is 5.84. The maximum absolute atomic E-state index is 4.21. The third-order valence-electron chi connectivity index (χ3n) is 4.20. The Morgan fingerprint density at radius 3 is 2.17 bits per heavy atom. The second kappa shape index (κ2) is 7.02. The summed E-state index contributed by atoms with van der Waals surface area (Å²) in [5.41, 5.74) is 5.39. The summed E-state index contributed by atoms with van der Waals surface area (Å²) in [6, 6.07) is 22.8. The zero-order valence-corrected chi connectivity index (χ0v) is 15.3. The first-order valence-electron chi connectivity index (χ1n) is 7.87. The largest absolute Gasteiger partial charge is 0.0911 e. The molecule has 118 valence electrons. The van der Waals surface area contributed by atoms with Gasteiger partial charge in [0, 0.05) is 4.47 Å². The van der Waals surface area contributed by atoms with Gasteiger partial charge in [0.25, 0.3) is 0 Å². The summed E-state index contributed by atoms with van der Waals surface area (Å²) in [4.78, 5) is 0. The Bertz CT molecular complexity index is 946. The van der Waals surface area contributed by atoms with Gasteiger partial charge in [-0.25, -0.2) is 0 Å². The van der Waals surface area contributed by atoms with Crippen molar-refractivity contribution in [1.29, 1.82) is 0 Å². The van der Waals surface area contributed by atoms with Gasteiger partial charge in [0.15, 0.2) is 0 Å². The van der Waals surface area contributed by atoms with Gasteiger partial charge in [0.1, 0.15) is 0 Å². The molecule has 0 saturated carbocycles. The number of fused-ring (bicyclic) bond motifs is 1. The number of benzene rings is 3. The van der Waals surface area contributed by atoms with E-state index in [1.165, 1.54) is 21.9 Å². The highest BCUT2D eigenvalue weighted by atomic mass is 79.9. The minimum absolute atomic E-state index is 0.936. The van der Waals surface area contributed by atoms with Gasteiger partial charge in [-0.3, -0.25) is 0 Å². The molecule has 0 fully saturated rings. The molecule has 0 amide bonds. The molecule has 0 spiro atoms. The molecule has 0 N–H and O–H groups in total. The summed E-state index contributed by atoms with van der Waals surface area (Å²) < 4.78 is 1.11. The molecule has 0 nitrogen and oxygen atoms in total. The molecule has 0 aromatic heterocycles. The third-order valence-corrected chi connectivity index (χ3v) is 4.89. The summed E-state index contributed by atoms with van der Waals surface area (Å²) in [6.07, 6.45) is 2.12. The lowest BCUT2D eigenvalue weighted by Crippen LogP contribution is -1.88. The van der Waals surface area contributed by atoms with E-state index in [9.17, 15) is 0 Å². The molecule has 0 aliphatic heterocycles. The van der Waals surface area contributed by atoms with Gasteiger partial charge in [-0.1, -0.05) is 95.8 Å². The van der Waals surface area contributed by atoms with Gasteiger partial charge < -0.3 is 0 Å². The number of rotatable bonds is 4. The molecule has 0 aliphatic rings. The van der Waals surface area contributed by atoms with Crippen LogP contribution >= 0.6 is 15.9 Å². The number of halogens is 1. The highest BCUT2D eigenvalue weighted by Crippen LogP contribution is 2.32. The predicted molar refractivity (Wildman–Crippen MR) is 110 cm³/mol. The van der Waals surface area contributed by atoms with E-state index >= 15 is 0 Å². The van der Waals surface area contributed by atoms with Crippen molar-refractivity contribution in [2.45, 2.75) is 6.92 Å². The van der Waals surface area contributed by atoms with Crippen molar-refractivity contribution in [2.75, 3.05) is 0 Å². The average molecular weight is 375 g/mol. The maximum Gasteiger partial charge on any atom is 0.0254 e. The Morgan fingerprint density at radius 1 is 0.833 bits per heavy atom. The minimum atomic E-state index is 0.936. The highest BCUT2D eigenvalue weighted by molar-refractivity contribution is 9.10. The molecular weight excluding hydrogens is 356 g/mol. The molecule has 24 heavy (non-hydrogen) atoms. The van der Waals surface area contributed by atoms with E-state index in [1.807, 2.05) is 18.2 Å². The molecule has 0 unspecified atom stereocenters. The fourth-order valence-corrected chi connectivity index (χ4v) is 3.34. The molecule has 3 rings (SSSR count). The lowest BCUT2D eigenvalue weighted by atomic mass is 9.94. The summed E-state index contributed by atoms with van der Waals surface area (Å²) >= 11 is 3.63. The van der Waals surface area contributed by atoms with Crippen LogP contribution in [0, 0.1) is 0 Å². The molecule has 0 radical (unpaired) electrons. The van der Waals surface area contributed by atoms with Crippen LogP contribution in [0.3, 0.4) is 0 Å². The van der Waals surface area contributed by atoms with Gasteiger partial charge >= 0.3 is 0 Å². The van der Waals surface area contributed by atoms with Crippen LogP contribution in [0.5, 0.6) is 0 Å². The smallest absolute Gasteiger partial charge is 0.0254 e. The molecule has 0 aliphatic carbocycles. The van der Waals surface area contributed by atoms with Crippen molar-refractivity contribution in [1.82, 2.24) is 0 Å². The average Bonchev–Trinajstić information content (AvgIpc) is 2.62. The van der Waals surface area contributed by atoms with Gasteiger partial charge in [-0.2, -0.15) is 0 Å². The van der Waals surface area contributed by atoms with Gasteiger partial charge in [-0.15, -0.1) is 0 Å². The van der Waals surface area contributed by atoms with Crippen LogP contribution < -0.4 is 0 Å². The molecule has 0 heterocycles. The Balaban J connectivity index is 1.99. The third kappa shape index (κ3) is 3.27. The van der Waals surface area contributed by atoms with E-state index in [2.05, 4.69) is 90.6 Å². The second-order valence-corrected chi connectivity index (χ2v) is 6.69. The molecular formula is C23H19Br. The van der Waals surface area contributed by atoms with E-state index in [4.69, 9.17) is 0 Å². The van der Waals surface area contributed by atoms with Crippen molar-refractivity contribution in [3.63, 3.8) is 0 Å². The zero-order valence-electron chi connectivity index (χ0n) is 13.7. The fourth-order valence-electron chi connectivity index (χ4n) is 2.86. The maximum atomic E-state index is 4.21. The van der Waals surface area contributed by atoms with Gasteiger partial charge in [0.2, 0.25) is 0 Å². The lowest BCUT2D eigenvalue weighted by molar-refractivity contribution is 1.56. The van der Waals surface area contributed by atoms with Crippen molar-refractivity contribution >= 4 is 37.8 Å². The standard InChI is InChI=1S/C23H19Br/c1-16(18(3)19-9-5-4-6-10-19)15-17(2)20-13-14-23(24)22-12-8-7-11-21(20)22/h4-15H,1,3H2,2H3/b17-15+. The summed E-state index contributed by atoms with van der Waals surface area (Å²) in [6.45, 7) is 10.5. The molecule has 0 bridgehead atoms. The summed E-state index contributed by atoms with van der Waals surface area (Å²) in [7, 11) is 0. The van der Waals surface area contributed by atoms with E-state index in [0.717, 1.165) is 21.2 Å². The SMILES string of the molecule is C=C(/C=C(\C)c1ccc(Br)c2ccccc12)C(=C)c1ccccc1. The molecule has 0 saturated heterocycles.